The normalized spacial score (nSPS) is 12.2. The lowest BCUT2D eigenvalue weighted by Crippen LogP contribution is -2.26. The van der Waals surface area contributed by atoms with Crippen LogP contribution in [0.4, 0.5) is 0 Å². The van der Waals surface area contributed by atoms with Crippen LogP contribution < -0.4 is 10.1 Å². The summed E-state index contributed by atoms with van der Waals surface area (Å²) in [4.78, 5) is 12.3. The minimum absolute atomic E-state index is 0.0131. The molecule has 1 amide bonds. The van der Waals surface area contributed by atoms with Crippen molar-refractivity contribution in [1.82, 2.24) is 5.32 Å². The zero-order chi connectivity index (χ0) is 17.5. The van der Waals surface area contributed by atoms with Gasteiger partial charge in [0.15, 0.2) is 0 Å². The molecule has 2 rings (SSSR count). The van der Waals surface area contributed by atoms with E-state index in [1.165, 1.54) is 11.1 Å². The predicted octanol–water partition coefficient (Wildman–Crippen LogP) is 4.59. The summed E-state index contributed by atoms with van der Waals surface area (Å²) in [5, 5.41) is 3.07. The molecule has 24 heavy (non-hydrogen) atoms. The van der Waals surface area contributed by atoms with Crippen LogP contribution in [0.3, 0.4) is 0 Å². The fourth-order valence-electron chi connectivity index (χ4n) is 2.59. The molecule has 2 aromatic carbocycles. The number of benzene rings is 2. The standard InChI is InChI=1S/C21H25NO2/c1-5-19(18-11-10-15(2)16(3)14-18)22-21(23)13-12-17-8-6-7-9-20(17)24-4/h6-14,19H,5H2,1-4H3,(H,22,23)/b13-12+/t19-/m0/s1. The lowest BCUT2D eigenvalue weighted by atomic mass is 9.99. The van der Waals surface area contributed by atoms with Crippen molar-refractivity contribution in [3.05, 3.63) is 70.8 Å². The zero-order valence-corrected chi connectivity index (χ0v) is 14.8. The van der Waals surface area contributed by atoms with Crippen molar-refractivity contribution in [3.8, 4) is 5.75 Å². The number of para-hydroxylation sites is 1. The second kappa shape index (κ2) is 8.34. The molecule has 0 aliphatic rings. The molecule has 1 atom stereocenters. The highest BCUT2D eigenvalue weighted by atomic mass is 16.5. The second-order valence-electron chi connectivity index (χ2n) is 5.89. The highest BCUT2D eigenvalue weighted by Gasteiger charge is 2.12. The third-order valence-electron chi connectivity index (χ3n) is 4.21. The van der Waals surface area contributed by atoms with Crippen molar-refractivity contribution in [2.75, 3.05) is 7.11 Å². The first-order valence-electron chi connectivity index (χ1n) is 8.24. The Hall–Kier alpha value is -2.55. The van der Waals surface area contributed by atoms with Gasteiger partial charge in [-0.05, 0) is 49.1 Å². The van der Waals surface area contributed by atoms with E-state index < -0.39 is 0 Å². The molecule has 0 aliphatic heterocycles. The smallest absolute Gasteiger partial charge is 0.244 e. The molecule has 0 radical (unpaired) electrons. The number of nitrogens with one attached hydrogen (secondary N) is 1. The molecule has 2 aromatic rings. The Labute approximate surface area is 144 Å². The maximum atomic E-state index is 12.3. The maximum absolute atomic E-state index is 12.3. The van der Waals surface area contributed by atoms with Crippen molar-refractivity contribution in [2.24, 2.45) is 0 Å². The van der Waals surface area contributed by atoms with Gasteiger partial charge in [-0.15, -0.1) is 0 Å². The van der Waals surface area contributed by atoms with Gasteiger partial charge in [-0.1, -0.05) is 43.3 Å². The number of ether oxygens (including phenoxy) is 1. The average molecular weight is 323 g/mol. The Morgan fingerprint density at radius 2 is 1.92 bits per heavy atom. The summed E-state index contributed by atoms with van der Waals surface area (Å²) in [6, 6.07) is 14.0. The number of hydrogen-bond donors (Lipinski definition) is 1. The van der Waals surface area contributed by atoms with E-state index in [9.17, 15) is 4.79 Å². The Bertz CT molecular complexity index is 734. The van der Waals surface area contributed by atoms with Gasteiger partial charge < -0.3 is 10.1 Å². The number of hydrogen-bond acceptors (Lipinski definition) is 2. The van der Waals surface area contributed by atoms with Gasteiger partial charge in [0, 0.05) is 11.6 Å². The molecular formula is C21H25NO2. The predicted molar refractivity (Wildman–Crippen MR) is 99.1 cm³/mol. The van der Waals surface area contributed by atoms with E-state index in [4.69, 9.17) is 4.74 Å². The molecule has 0 bridgehead atoms. The zero-order valence-electron chi connectivity index (χ0n) is 14.8. The van der Waals surface area contributed by atoms with Crippen LogP contribution in [0.2, 0.25) is 0 Å². The third-order valence-corrected chi connectivity index (χ3v) is 4.21. The molecular weight excluding hydrogens is 298 g/mol. The van der Waals surface area contributed by atoms with Crippen molar-refractivity contribution in [1.29, 1.82) is 0 Å². The highest BCUT2D eigenvalue weighted by molar-refractivity contribution is 5.92. The van der Waals surface area contributed by atoms with Gasteiger partial charge in [0.05, 0.1) is 13.2 Å². The first kappa shape index (κ1) is 17.8. The number of carbonyl (C=O) groups is 1. The van der Waals surface area contributed by atoms with Gasteiger partial charge >= 0.3 is 0 Å². The lowest BCUT2D eigenvalue weighted by molar-refractivity contribution is -0.117. The number of rotatable bonds is 6. The van der Waals surface area contributed by atoms with Gasteiger partial charge in [0.2, 0.25) is 5.91 Å². The molecule has 0 fully saturated rings. The summed E-state index contributed by atoms with van der Waals surface area (Å²) in [6.45, 7) is 6.26. The van der Waals surface area contributed by atoms with E-state index in [-0.39, 0.29) is 11.9 Å². The van der Waals surface area contributed by atoms with Crippen molar-refractivity contribution >= 4 is 12.0 Å². The monoisotopic (exact) mass is 323 g/mol. The van der Waals surface area contributed by atoms with Crippen LogP contribution in [0.15, 0.2) is 48.5 Å². The molecule has 1 N–H and O–H groups in total. The average Bonchev–Trinajstić information content (AvgIpc) is 2.60. The largest absolute Gasteiger partial charge is 0.496 e. The van der Waals surface area contributed by atoms with Crippen LogP contribution in [-0.4, -0.2) is 13.0 Å². The van der Waals surface area contributed by atoms with Crippen LogP contribution in [0.1, 0.15) is 41.6 Å². The molecule has 0 saturated heterocycles. The summed E-state index contributed by atoms with van der Waals surface area (Å²) >= 11 is 0. The Morgan fingerprint density at radius 3 is 2.58 bits per heavy atom. The SMILES string of the molecule is CC[C@H](NC(=O)/C=C/c1ccccc1OC)c1ccc(C)c(C)c1. The molecule has 0 aromatic heterocycles. The van der Waals surface area contributed by atoms with Crippen molar-refractivity contribution in [3.63, 3.8) is 0 Å². The first-order valence-corrected chi connectivity index (χ1v) is 8.24. The lowest BCUT2D eigenvalue weighted by Gasteiger charge is -2.17. The van der Waals surface area contributed by atoms with E-state index in [1.54, 1.807) is 19.3 Å². The fourth-order valence-corrected chi connectivity index (χ4v) is 2.59. The van der Waals surface area contributed by atoms with Crippen LogP contribution in [0.5, 0.6) is 5.75 Å². The maximum Gasteiger partial charge on any atom is 0.244 e. The molecule has 3 heteroatoms. The Balaban J connectivity index is 2.09. The molecule has 3 nitrogen and oxygen atoms in total. The summed E-state index contributed by atoms with van der Waals surface area (Å²) in [6.07, 6.45) is 4.18. The summed E-state index contributed by atoms with van der Waals surface area (Å²) in [5.41, 5.74) is 4.52. The van der Waals surface area contributed by atoms with Gasteiger partial charge in [-0.3, -0.25) is 4.79 Å². The molecule has 0 saturated carbocycles. The van der Waals surface area contributed by atoms with Gasteiger partial charge in [-0.25, -0.2) is 0 Å². The molecule has 126 valence electrons. The molecule has 0 unspecified atom stereocenters. The van der Waals surface area contributed by atoms with E-state index in [0.29, 0.717) is 0 Å². The number of amides is 1. The summed E-state index contributed by atoms with van der Waals surface area (Å²) in [5.74, 6) is 0.647. The van der Waals surface area contributed by atoms with Crippen LogP contribution in [-0.2, 0) is 4.79 Å². The molecule has 0 aliphatic carbocycles. The van der Waals surface area contributed by atoms with E-state index in [2.05, 4.69) is 44.3 Å². The minimum Gasteiger partial charge on any atom is -0.496 e. The third kappa shape index (κ3) is 4.48. The molecule has 0 spiro atoms. The highest BCUT2D eigenvalue weighted by Crippen LogP contribution is 2.21. The fraction of sp³-hybridized carbons (Fsp3) is 0.286. The minimum atomic E-state index is -0.106. The van der Waals surface area contributed by atoms with Crippen LogP contribution in [0, 0.1) is 13.8 Å². The van der Waals surface area contributed by atoms with Gasteiger partial charge in [-0.2, -0.15) is 0 Å². The van der Waals surface area contributed by atoms with Crippen LogP contribution >= 0.6 is 0 Å². The van der Waals surface area contributed by atoms with Gasteiger partial charge in [0.1, 0.15) is 5.75 Å². The number of methoxy groups -OCH3 is 1. The molecule has 0 heterocycles. The number of carbonyl (C=O) groups excluding carboxylic acids is 1. The van der Waals surface area contributed by atoms with E-state index in [1.807, 2.05) is 24.3 Å². The number of aryl methyl sites for hydroxylation is 2. The van der Waals surface area contributed by atoms with Gasteiger partial charge in [0.25, 0.3) is 0 Å². The summed E-state index contributed by atoms with van der Waals surface area (Å²) < 4.78 is 5.29. The Morgan fingerprint density at radius 1 is 1.17 bits per heavy atom. The van der Waals surface area contributed by atoms with E-state index >= 15 is 0 Å². The summed E-state index contributed by atoms with van der Waals surface area (Å²) in [7, 11) is 1.62. The van der Waals surface area contributed by atoms with E-state index in [0.717, 1.165) is 23.3 Å². The second-order valence-corrected chi connectivity index (χ2v) is 5.89. The Kier molecular flexibility index (Phi) is 6.19. The van der Waals surface area contributed by atoms with Crippen molar-refractivity contribution < 1.29 is 9.53 Å². The quantitative estimate of drug-likeness (QED) is 0.789. The van der Waals surface area contributed by atoms with Crippen LogP contribution in [0.25, 0.3) is 6.08 Å². The van der Waals surface area contributed by atoms with Crippen molar-refractivity contribution in [2.45, 2.75) is 33.2 Å². The topological polar surface area (TPSA) is 38.3 Å². The first-order chi connectivity index (χ1) is 11.5.